The Morgan fingerprint density at radius 3 is 2.38 bits per heavy atom. The van der Waals surface area contributed by atoms with E-state index in [2.05, 4.69) is 21.2 Å². The van der Waals surface area contributed by atoms with Gasteiger partial charge in [-0.3, -0.25) is 13.9 Å². The van der Waals surface area contributed by atoms with E-state index >= 15 is 0 Å². The van der Waals surface area contributed by atoms with Crippen LogP contribution in [-0.4, -0.2) is 43.8 Å². The predicted octanol–water partition coefficient (Wildman–Crippen LogP) is 6.08. The van der Waals surface area contributed by atoms with Crippen LogP contribution < -0.4 is 9.62 Å². The molecule has 7 nitrogen and oxygen atoms in total. The molecular weight excluding hydrogens is 614 g/mol. The number of hydrogen-bond acceptors (Lipinski definition) is 4. The van der Waals surface area contributed by atoms with Gasteiger partial charge >= 0.3 is 0 Å². The van der Waals surface area contributed by atoms with Gasteiger partial charge in [-0.25, -0.2) is 8.42 Å². The van der Waals surface area contributed by atoms with Crippen molar-refractivity contribution in [3.8, 4) is 0 Å². The van der Waals surface area contributed by atoms with Gasteiger partial charge < -0.3 is 10.2 Å². The van der Waals surface area contributed by atoms with Crippen molar-refractivity contribution in [2.45, 2.75) is 63.1 Å². The molecular formula is C30H33BrClN3O4S. The third-order valence-corrected chi connectivity index (χ3v) is 9.85. The minimum atomic E-state index is -4.14. The summed E-state index contributed by atoms with van der Waals surface area (Å²) in [5.74, 6) is -0.767. The minimum Gasteiger partial charge on any atom is -0.352 e. The molecule has 1 unspecified atom stereocenters. The third-order valence-electron chi connectivity index (χ3n) is 7.16. The van der Waals surface area contributed by atoms with E-state index in [9.17, 15) is 18.0 Å². The van der Waals surface area contributed by atoms with E-state index in [0.717, 1.165) is 45.6 Å². The molecule has 4 rings (SSSR count). The zero-order chi connectivity index (χ0) is 28.9. The van der Waals surface area contributed by atoms with Crippen LogP contribution in [0.4, 0.5) is 5.69 Å². The Labute approximate surface area is 249 Å². The fraction of sp³-hybridized carbons (Fsp3) is 0.333. The highest BCUT2D eigenvalue weighted by molar-refractivity contribution is 9.10. The first kappa shape index (κ1) is 30.1. The van der Waals surface area contributed by atoms with E-state index in [4.69, 9.17) is 11.6 Å². The second-order valence-electron chi connectivity index (χ2n) is 10.1. The van der Waals surface area contributed by atoms with Gasteiger partial charge in [0.2, 0.25) is 11.8 Å². The maximum absolute atomic E-state index is 14.0. The van der Waals surface area contributed by atoms with E-state index in [1.165, 1.54) is 17.0 Å². The van der Waals surface area contributed by atoms with Crippen LogP contribution in [0.2, 0.25) is 5.02 Å². The highest BCUT2D eigenvalue weighted by Gasteiger charge is 2.33. The van der Waals surface area contributed by atoms with Crippen LogP contribution >= 0.6 is 27.5 Å². The molecule has 1 aliphatic carbocycles. The Hall–Kier alpha value is -2.88. The molecule has 10 heteroatoms. The lowest BCUT2D eigenvalue weighted by atomic mass is 10.1. The van der Waals surface area contributed by atoms with E-state index in [0.29, 0.717) is 5.02 Å². The summed E-state index contributed by atoms with van der Waals surface area (Å²) in [6, 6.07) is 19.6. The molecule has 1 saturated carbocycles. The molecule has 0 aromatic heterocycles. The van der Waals surface area contributed by atoms with Crippen LogP contribution in [0.15, 0.2) is 82.2 Å². The van der Waals surface area contributed by atoms with E-state index in [-0.39, 0.29) is 29.1 Å². The maximum atomic E-state index is 14.0. The molecule has 3 aromatic rings. The van der Waals surface area contributed by atoms with Crippen LogP contribution in [0.3, 0.4) is 0 Å². The van der Waals surface area contributed by atoms with Crippen molar-refractivity contribution >= 4 is 55.1 Å². The summed E-state index contributed by atoms with van der Waals surface area (Å²) < 4.78 is 29.6. The molecule has 1 N–H and O–H groups in total. The summed E-state index contributed by atoms with van der Waals surface area (Å²) in [6.45, 7) is 3.12. The first-order chi connectivity index (χ1) is 19.1. The third kappa shape index (κ3) is 7.25. The number of benzene rings is 3. The van der Waals surface area contributed by atoms with Crippen LogP contribution in [0.25, 0.3) is 0 Å². The Balaban J connectivity index is 1.69. The van der Waals surface area contributed by atoms with Gasteiger partial charge in [0.15, 0.2) is 0 Å². The molecule has 0 saturated heterocycles. The van der Waals surface area contributed by atoms with E-state index in [1.807, 2.05) is 31.2 Å². The van der Waals surface area contributed by atoms with Crippen molar-refractivity contribution in [3.05, 3.63) is 93.4 Å². The first-order valence-corrected chi connectivity index (χ1v) is 15.9. The number of carbonyl (C=O) groups excluding carboxylic acids is 2. The molecule has 1 fully saturated rings. The number of aryl methyl sites for hydroxylation is 1. The lowest BCUT2D eigenvalue weighted by molar-refractivity contribution is -0.139. The molecule has 1 atom stereocenters. The number of nitrogens with one attached hydrogen (secondary N) is 1. The molecule has 0 heterocycles. The SMILES string of the molecule is Cc1ccc(N(CC(=O)N(Cc2cccc(Br)c2)C(C)C(=O)NC2CCCC2)S(=O)(=O)c2ccccc2)cc1Cl. The average molecular weight is 647 g/mol. The van der Waals surface area contributed by atoms with Gasteiger partial charge in [-0.15, -0.1) is 0 Å². The van der Waals surface area contributed by atoms with Crippen LogP contribution in [0, 0.1) is 6.92 Å². The molecule has 1 aliphatic rings. The monoisotopic (exact) mass is 645 g/mol. The number of carbonyl (C=O) groups is 2. The van der Waals surface area contributed by atoms with Crippen molar-refractivity contribution < 1.29 is 18.0 Å². The number of nitrogens with zero attached hydrogens (tertiary/aromatic N) is 2. The molecule has 212 valence electrons. The van der Waals surface area contributed by atoms with Crippen molar-refractivity contribution in [1.82, 2.24) is 10.2 Å². The first-order valence-electron chi connectivity index (χ1n) is 13.2. The quantitative estimate of drug-likeness (QED) is 0.289. The fourth-order valence-electron chi connectivity index (χ4n) is 4.79. The minimum absolute atomic E-state index is 0.0464. The van der Waals surface area contributed by atoms with Gasteiger partial charge in [0.05, 0.1) is 10.6 Å². The van der Waals surface area contributed by atoms with Gasteiger partial charge in [0, 0.05) is 22.1 Å². The summed E-state index contributed by atoms with van der Waals surface area (Å²) in [7, 11) is -4.14. The normalized spacial score (nSPS) is 14.5. The van der Waals surface area contributed by atoms with Gasteiger partial charge in [0.25, 0.3) is 10.0 Å². The smallest absolute Gasteiger partial charge is 0.264 e. The van der Waals surface area contributed by atoms with Gasteiger partial charge in [-0.05, 0) is 74.2 Å². The van der Waals surface area contributed by atoms with Crippen LogP contribution in [0.1, 0.15) is 43.7 Å². The fourth-order valence-corrected chi connectivity index (χ4v) is 6.84. The number of rotatable bonds is 10. The summed E-state index contributed by atoms with van der Waals surface area (Å²) in [4.78, 5) is 28.8. The molecule has 0 bridgehead atoms. The molecule has 2 amide bonds. The van der Waals surface area contributed by atoms with E-state index in [1.54, 1.807) is 43.3 Å². The molecule has 0 aliphatic heterocycles. The van der Waals surface area contributed by atoms with Gasteiger partial charge in [-0.1, -0.05) is 76.8 Å². The van der Waals surface area contributed by atoms with E-state index < -0.39 is 28.5 Å². The van der Waals surface area contributed by atoms with Gasteiger partial charge in [0.1, 0.15) is 12.6 Å². The maximum Gasteiger partial charge on any atom is 0.264 e. The summed E-state index contributed by atoms with van der Waals surface area (Å²) in [6.07, 6.45) is 3.95. The lowest BCUT2D eigenvalue weighted by Crippen LogP contribution is -2.52. The summed E-state index contributed by atoms with van der Waals surface area (Å²) in [5, 5.41) is 3.46. The van der Waals surface area contributed by atoms with Crippen molar-refractivity contribution in [2.75, 3.05) is 10.8 Å². The van der Waals surface area contributed by atoms with Gasteiger partial charge in [-0.2, -0.15) is 0 Å². The van der Waals surface area contributed by atoms with Crippen molar-refractivity contribution in [3.63, 3.8) is 0 Å². The molecule has 3 aromatic carbocycles. The second-order valence-corrected chi connectivity index (χ2v) is 13.3. The zero-order valence-electron chi connectivity index (χ0n) is 22.5. The average Bonchev–Trinajstić information content (AvgIpc) is 3.45. The topological polar surface area (TPSA) is 86.8 Å². The number of hydrogen-bond donors (Lipinski definition) is 1. The van der Waals surface area contributed by atoms with Crippen LogP contribution in [-0.2, 0) is 26.2 Å². The number of sulfonamides is 1. The number of anilines is 1. The standard InChI is InChI=1S/C30H33BrClN3O4S/c1-21-15-16-26(18-28(21)32)35(40(38,39)27-13-4-3-5-14-27)20-29(36)34(19-23-9-8-10-24(31)17-23)22(2)30(37)33-25-11-6-7-12-25/h3-5,8-10,13-18,22,25H,6-7,11-12,19-20H2,1-2H3,(H,33,37). The Kier molecular flexibility index (Phi) is 9.92. The van der Waals surface area contributed by atoms with Crippen molar-refractivity contribution in [1.29, 1.82) is 0 Å². The predicted molar refractivity (Wildman–Crippen MR) is 162 cm³/mol. The zero-order valence-corrected chi connectivity index (χ0v) is 25.7. The summed E-state index contributed by atoms with van der Waals surface area (Å²) in [5.41, 5.74) is 1.85. The van der Waals surface area contributed by atoms with Crippen molar-refractivity contribution in [2.24, 2.45) is 0 Å². The number of halogens is 2. The molecule has 0 radical (unpaired) electrons. The highest BCUT2D eigenvalue weighted by atomic mass is 79.9. The Bertz CT molecular complexity index is 1460. The Morgan fingerprint density at radius 2 is 1.73 bits per heavy atom. The second kappa shape index (κ2) is 13.2. The van der Waals surface area contributed by atoms with Crippen LogP contribution in [0.5, 0.6) is 0 Å². The lowest BCUT2D eigenvalue weighted by Gasteiger charge is -2.32. The highest BCUT2D eigenvalue weighted by Crippen LogP contribution is 2.29. The number of amides is 2. The molecule has 0 spiro atoms. The molecule has 40 heavy (non-hydrogen) atoms. The largest absolute Gasteiger partial charge is 0.352 e. The Morgan fingerprint density at radius 1 is 1.02 bits per heavy atom. The summed E-state index contributed by atoms with van der Waals surface area (Å²) >= 11 is 9.84.